The topological polar surface area (TPSA) is 65.6 Å². The number of rotatable bonds is 5. The van der Waals surface area contributed by atoms with Crippen LogP contribution in [-0.4, -0.2) is 24.8 Å². The predicted molar refractivity (Wildman–Crippen MR) is 120 cm³/mol. The lowest BCUT2D eigenvalue weighted by molar-refractivity contribution is 0.692. The molecule has 0 spiro atoms. The van der Waals surface area contributed by atoms with Crippen molar-refractivity contribution in [1.29, 1.82) is 0 Å². The predicted octanol–water partition coefficient (Wildman–Crippen LogP) is 4.25. The SMILES string of the molecule is Cc1cc(-c2ccccn2)c(C)cc1SCc1c(C)cccc1-n1nnn(C)c1=O. The summed E-state index contributed by atoms with van der Waals surface area (Å²) in [5, 5.41) is 7.87. The molecule has 4 rings (SSSR count). The van der Waals surface area contributed by atoms with Crippen LogP contribution >= 0.6 is 11.8 Å². The van der Waals surface area contributed by atoms with Crippen LogP contribution in [0.1, 0.15) is 22.3 Å². The fourth-order valence-electron chi connectivity index (χ4n) is 3.43. The quantitative estimate of drug-likeness (QED) is 0.454. The fourth-order valence-corrected chi connectivity index (χ4v) is 4.65. The molecule has 0 unspecified atom stereocenters. The molecular formula is C23H23N5OS. The second kappa shape index (κ2) is 8.28. The van der Waals surface area contributed by atoms with E-state index in [1.54, 1.807) is 18.8 Å². The van der Waals surface area contributed by atoms with Crippen molar-refractivity contribution in [2.45, 2.75) is 31.4 Å². The number of aromatic nitrogens is 5. The molecule has 0 fully saturated rings. The molecule has 0 bridgehead atoms. The van der Waals surface area contributed by atoms with E-state index in [1.807, 2.05) is 36.5 Å². The standard InChI is InChI=1S/C23H23N5OS/c1-15-8-7-10-21(28-23(29)27(4)25-26-28)19(15)14-30-22-13-16(2)18(12-17(22)3)20-9-5-6-11-24-20/h5-13H,14H2,1-4H3. The van der Waals surface area contributed by atoms with Crippen LogP contribution < -0.4 is 5.69 Å². The van der Waals surface area contributed by atoms with Crippen LogP contribution in [0.15, 0.2) is 64.4 Å². The van der Waals surface area contributed by atoms with Crippen molar-refractivity contribution >= 4 is 11.8 Å². The molecule has 7 heteroatoms. The number of thioether (sulfide) groups is 1. The van der Waals surface area contributed by atoms with Crippen LogP contribution in [0.25, 0.3) is 16.9 Å². The van der Waals surface area contributed by atoms with Crippen LogP contribution in [0.3, 0.4) is 0 Å². The number of hydrogen-bond acceptors (Lipinski definition) is 5. The monoisotopic (exact) mass is 417 g/mol. The summed E-state index contributed by atoms with van der Waals surface area (Å²) in [6.45, 7) is 6.30. The molecule has 2 heterocycles. The van der Waals surface area contributed by atoms with E-state index in [1.165, 1.54) is 25.4 Å². The number of hydrogen-bond donors (Lipinski definition) is 0. The van der Waals surface area contributed by atoms with Gasteiger partial charge in [0.05, 0.1) is 11.4 Å². The average molecular weight is 418 g/mol. The zero-order valence-corrected chi connectivity index (χ0v) is 18.3. The Morgan fingerprint density at radius 3 is 2.47 bits per heavy atom. The first-order valence-electron chi connectivity index (χ1n) is 9.69. The molecule has 0 aliphatic heterocycles. The molecule has 0 aliphatic carbocycles. The van der Waals surface area contributed by atoms with Gasteiger partial charge < -0.3 is 0 Å². The minimum atomic E-state index is -0.251. The van der Waals surface area contributed by atoms with E-state index >= 15 is 0 Å². The molecule has 2 aromatic heterocycles. The van der Waals surface area contributed by atoms with Gasteiger partial charge in [-0.3, -0.25) is 4.98 Å². The van der Waals surface area contributed by atoms with E-state index < -0.39 is 0 Å². The van der Waals surface area contributed by atoms with Crippen LogP contribution in [0.4, 0.5) is 0 Å². The lowest BCUT2D eigenvalue weighted by Gasteiger charge is -2.14. The second-order valence-corrected chi connectivity index (χ2v) is 8.32. The lowest BCUT2D eigenvalue weighted by atomic mass is 10.0. The Bertz CT molecular complexity index is 1260. The third-order valence-electron chi connectivity index (χ3n) is 5.17. The molecule has 0 atom stereocenters. The summed E-state index contributed by atoms with van der Waals surface area (Å²) in [6, 6.07) is 16.3. The summed E-state index contributed by atoms with van der Waals surface area (Å²) >= 11 is 1.76. The van der Waals surface area contributed by atoms with E-state index in [4.69, 9.17) is 0 Å². The Morgan fingerprint density at radius 1 is 0.933 bits per heavy atom. The van der Waals surface area contributed by atoms with E-state index in [-0.39, 0.29) is 5.69 Å². The molecule has 0 saturated carbocycles. The molecule has 0 aliphatic rings. The highest BCUT2D eigenvalue weighted by Gasteiger charge is 2.14. The molecule has 0 saturated heterocycles. The van der Waals surface area contributed by atoms with Gasteiger partial charge in [0.25, 0.3) is 0 Å². The number of tetrazole rings is 1. The van der Waals surface area contributed by atoms with Crippen molar-refractivity contribution in [2.24, 2.45) is 7.05 Å². The number of aryl methyl sites for hydroxylation is 4. The summed E-state index contributed by atoms with van der Waals surface area (Å²) in [5.74, 6) is 0.730. The molecule has 6 nitrogen and oxygen atoms in total. The molecule has 0 N–H and O–H groups in total. The highest BCUT2D eigenvalue weighted by Crippen LogP contribution is 2.33. The van der Waals surface area contributed by atoms with Crippen molar-refractivity contribution in [3.05, 3.63) is 87.5 Å². The summed E-state index contributed by atoms with van der Waals surface area (Å²) in [7, 11) is 1.60. The maximum atomic E-state index is 12.4. The zero-order chi connectivity index (χ0) is 21.3. The highest BCUT2D eigenvalue weighted by atomic mass is 32.2. The van der Waals surface area contributed by atoms with Gasteiger partial charge in [0, 0.05) is 29.5 Å². The fraction of sp³-hybridized carbons (Fsp3) is 0.217. The van der Waals surface area contributed by atoms with Crippen molar-refractivity contribution < 1.29 is 0 Å². The van der Waals surface area contributed by atoms with E-state index in [9.17, 15) is 4.79 Å². The first-order valence-corrected chi connectivity index (χ1v) is 10.7. The highest BCUT2D eigenvalue weighted by molar-refractivity contribution is 7.98. The minimum Gasteiger partial charge on any atom is -0.256 e. The molecule has 0 radical (unpaired) electrons. The Labute approximate surface area is 179 Å². The molecule has 4 aromatic rings. The third kappa shape index (κ3) is 3.80. The van der Waals surface area contributed by atoms with Crippen LogP contribution in [0.5, 0.6) is 0 Å². The van der Waals surface area contributed by atoms with Gasteiger partial charge in [-0.15, -0.1) is 11.8 Å². The first-order chi connectivity index (χ1) is 14.5. The van der Waals surface area contributed by atoms with Gasteiger partial charge >= 0.3 is 5.69 Å². The second-order valence-electron chi connectivity index (χ2n) is 7.31. The van der Waals surface area contributed by atoms with E-state index in [0.29, 0.717) is 0 Å². The lowest BCUT2D eigenvalue weighted by Crippen LogP contribution is -2.23. The van der Waals surface area contributed by atoms with Gasteiger partial charge in [0.1, 0.15) is 0 Å². The van der Waals surface area contributed by atoms with Gasteiger partial charge in [-0.2, -0.15) is 9.36 Å². The minimum absolute atomic E-state index is 0.251. The molecular weight excluding hydrogens is 394 g/mol. The average Bonchev–Trinajstić information content (AvgIpc) is 3.08. The Balaban J connectivity index is 1.66. The number of pyridine rings is 1. The van der Waals surface area contributed by atoms with Crippen molar-refractivity contribution in [1.82, 2.24) is 24.8 Å². The van der Waals surface area contributed by atoms with Gasteiger partial charge in [0.2, 0.25) is 0 Å². The summed E-state index contributed by atoms with van der Waals surface area (Å²) in [5.41, 5.74) is 7.26. The maximum Gasteiger partial charge on any atom is 0.368 e. The van der Waals surface area contributed by atoms with Crippen molar-refractivity contribution in [2.75, 3.05) is 0 Å². The first kappa shape index (κ1) is 20.1. The third-order valence-corrected chi connectivity index (χ3v) is 6.35. The van der Waals surface area contributed by atoms with E-state index in [2.05, 4.69) is 54.4 Å². The van der Waals surface area contributed by atoms with Crippen LogP contribution in [-0.2, 0) is 12.8 Å². The summed E-state index contributed by atoms with van der Waals surface area (Å²) in [6.07, 6.45) is 1.82. The van der Waals surface area contributed by atoms with Crippen molar-refractivity contribution in [3.63, 3.8) is 0 Å². The van der Waals surface area contributed by atoms with Crippen molar-refractivity contribution in [3.8, 4) is 16.9 Å². The van der Waals surface area contributed by atoms with Gasteiger partial charge in [-0.25, -0.2) is 4.79 Å². The van der Waals surface area contributed by atoms with E-state index in [0.717, 1.165) is 33.8 Å². The van der Waals surface area contributed by atoms with Crippen LogP contribution in [0, 0.1) is 20.8 Å². The smallest absolute Gasteiger partial charge is 0.256 e. The normalized spacial score (nSPS) is 11.1. The Kier molecular flexibility index (Phi) is 5.55. The Morgan fingerprint density at radius 2 is 1.77 bits per heavy atom. The molecule has 30 heavy (non-hydrogen) atoms. The van der Waals surface area contributed by atoms with Gasteiger partial charge in [-0.05, 0) is 83.8 Å². The number of nitrogens with zero attached hydrogens (tertiary/aromatic N) is 5. The zero-order valence-electron chi connectivity index (χ0n) is 17.5. The summed E-state index contributed by atoms with van der Waals surface area (Å²) < 4.78 is 2.61. The Hall–Kier alpha value is -3.19. The van der Waals surface area contributed by atoms with Crippen LogP contribution in [0.2, 0.25) is 0 Å². The largest absolute Gasteiger partial charge is 0.368 e. The maximum absolute atomic E-state index is 12.4. The number of benzene rings is 2. The molecule has 0 amide bonds. The summed E-state index contributed by atoms with van der Waals surface area (Å²) in [4.78, 5) is 18.1. The van der Waals surface area contributed by atoms with Gasteiger partial charge in [0.15, 0.2) is 0 Å². The van der Waals surface area contributed by atoms with Gasteiger partial charge in [-0.1, -0.05) is 18.2 Å². The molecule has 2 aromatic carbocycles. The molecule has 152 valence electrons.